The predicted octanol–water partition coefficient (Wildman–Crippen LogP) is 5.41. The average Bonchev–Trinajstić information content (AvgIpc) is 2.79. The lowest BCUT2D eigenvalue weighted by Gasteiger charge is -2.14. The van der Waals surface area contributed by atoms with E-state index in [0.29, 0.717) is 37.8 Å². The van der Waals surface area contributed by atoms with Crippen LogP contribution in [0.15, 0.2) is 70.2 Å². The van der Waals surface area contributed by atoms with E-state index in [4.69, 9.17) is 21.1 Å². The number of carbonyl (C=O) groups is 2. The minimum atomic E-state index is -0.383. The summed E-state index contributed by atoms with van der Waals surface area (Å²) in [6.07, 6.45) is 1.49. The standard InChI is InChI=1S/C24H21BrClN3O4/c1-15(30)28-19-9-7-17(8-10-19)24(31)29-27-13-16-11-20(25)23(22(12-16)32-2)33-14-18-5-3-4-6-21(18)26/h3-13H,14H2,1-2H3,(H,28,30)(H,29,31)/b27-13-. The van der Waals surface area contributed by atoms with Crippen molar-refractivity contribution in [3.63, 3.8) is 0 Å². The lowest BCUT2D eigenvalue weighted by Crippen LogP contribution is -2.17. The van der Waals surface area contributed by atoms with Crippen molar-refractivity contribution < 1.29 is 19.1 Å². The van der Waals surface area contributed by atoms with Gasteiger partial charge in [-0.2, -0.15) is 5.10 Å². The Balaban J connectivity index is 1.65. The highest BCUT2D eigenvalue weighted by atomic mass is 79.9. The number of hydrazone groups is 1. The van der Waals surface area contributed by atoms with E-state index in [-0.39, 0.29) is 18.4 Å². The minimum Gasteiger partial charge on any atom is -0.493 e. The van der Waals surface area contributed by atoms with E-state index in [1.54, 1.807) is 42.5 Å². The van der Waals surface area contributed by atoms with Crippen molar-refractivity contribution in [2.45, 2.75) is 13.5 Å². The molecule has 0 saturated heterocycles. The highest BCUT2D eigenvalue weighted by Gasteiger charge is 2.12. The predicted molar refractivity (Wildman–Crippen MR) is 132 cm³/mol. The van der Waals surface area contributed by atoms with Crippen molar-refractivity contribution in [1.29, 1.82) is 0 Å². The quantitative estimate of drug-likeness (QED) is 0.301. The number of halogens is 2. The second-order valence-electron chi connectivity index (χ2n) is 6.87. The Morgan fingerprint density at radius 3 is 2.52 bits per heavy atom. The van der Waals surface area contributed by atoms with E-state index in [2.05, 4.69) is 31.8 Å². The zero-order valence-electron chi connectivity index (χ0n) is 17.9. The monoisotopic (exact) mass is 529 g/mol. The van der Waals surface area contributed by atoms with E-state index >= 15 is 0 Å². The fourth-order valence-corrected chi connectivity index (χ4v) is 3.62. The van der Waals surface area contributed by atoms with Crippen LogP contribution >= 0.6 is 27.5 Å². The highest BCUT2D eigenvalue weighted by molar-refractivity contribution is 9.10. The molecule has 0 saturated carbocycles. The highest BCUT2D eigenvalue weighted by Crippen LogP contribution is 2.37. The van der Waals surface area contributed by atoms with Crippen LogP contribution in [0.2, 0.25) is 5.02 Å². The number of anilines is 1. The molecule has 0 fully saturated rings. The molecule has 0 spiro atoms. The molecule has 7 nitrogen and oxygen atoms in total. The van der Waals surface area contributed by atoms with Gasteiger partial charge in [0.25, 0.3) is 5.91 Å². The molecule has 2 N–H and O–H groups in total. The Morgan fingerprint density at radius 2 is 1.85 bits per heavy atom. The molecular weight excluding hydrogens is 510 g/mol. The minimum absolute atomic E-state index is 0.182. The van der Waals surface area contributed by atoms with Crippen LogP contribution in [0.1, 0.15) is 28.4 Å². The summed E-state index contributed by atoms with van der Waals surface area (Å²) in [5.74, 6) is 0.459. The Hall–Kier alpha value is -3.36. The Labute approximate surface area is 204 Å². The van der Waals surface area contributed by atoms with Gasteiger partial charge in [0.15, 0.2) is 11.5 Å². The van der Waals surface area contributed by atoms with E-state index < -0.39 is 0 Å². The topological polar surface area (TPSA) is 89.0 Å². The van der Waals surface area contributed by atoms with Crippen molar-refractivity contribution in [2.75, 3.05) is 12.4 Å². The molecule has 9 heteroatoms. The van der Waals surface area contributed by atoms with Crippen LogP contribution in [-0.4, -0.2) is 25.1 Å². The Morgan fingerprint density at radius 1 is 1.12 bits per heavy atom. The van der Waals surface area contributed by atoms with Gasteiger partial charge >= 0.3 is 0 Å². The number of ether oxygens (including phenoxy) is 2. The molecular formula is C24H21BrClN3O4. The number of methoxy groups -OCH3 is 1. The summed E-state index contributed by atoms with van der Waals surface area (Å²) in [5.41, 5.74) is 5.03. The second-order valence-corrected chi connectivity index (χ2v) is 8.13. The van der Waals surface area contributed by atoms with Crippen LogP contribution < -0.4 is 20.2 Å². The van der Waals surface area contributed by atoms with Gasteiger partial charge in [-0.3, -0.25) is 9.59 Å². The first-order chi connectivity index (χ1) is 15.9. The average molecular weight is 531 g/mol. The van der Waals surface area contributed by atoms with Gasteiger partial charge in [0, 0.05) is 28.8 Å². The molecule has 3 aromatic rings. The van der Waals surface area contributed by atoms with Crippen LogP contribution in [0.5, 0.6) is 11.5 Å². The maximum atomic E-state index is 12.3. The fraction of sp³-hybridized carbons (Fsp3) is 0.125. The molecule has 0 unspecified atom stereocenters. The van der Waals surface area contributed by atoms with Crippen molar-refractivity contribution in [3.8, 4) is 11.5 Å². The summed E-state index contributed by atoms with van der Waals surface area (Å²) < 4.78 is 12.0. The number of hydrogen-bond donors (Lipinski definition) is 2. The molecule has 0 heterocycles. The third kappa shape index (κ3) is 6.81. The molecule has 0 bridgehead atoms. The molecule has 33 heavy (non-hydrogen) atoms. The van der Waals surface area contributed by atoms with Gasteiger partial charge in [0.2, 0.25) is 5.91 Å². The molecule has 0 aliphatic carbocycles. The number of amides is 2. The number of carbonyl (C=O) groups excluding carboxylic acids is 2. The van der Waals surface area contributed by atoms with Crippen LogP contribution in [0.4, 0.5) is 5.69 Å². The molecule has 0 aliphatic rings. The van der Waals surface area contributed by atoms with E-state index in [9.17, 15) is 9.59 Å². The van der Waals surface area contributed by atoms with Gasteiger partial charge in [-0.25, -0.2) is 5.43 Å². The van der Waals surface area contributed by atoms with Gasteiger partial charge < -0.3 is 14.8 Å². The summed E-state index contributed by atoms with van der Waals surface area (Å²) >= 11 is 9.69. The maximum absolute atomic E-state index is 12.3. The van der Waals surface area contributed by atoms with Crippen molar-refractivity contribution >= 4 is 51.2 Å². The van der Waals surface area contributed by atoms with Gasteiger partial charge in [-0.1, -0.05) is 29.8 Å². The summed E-state index contributed by atoms with van der Waals surface area (Å²) in [5, 5.41) is 7.28. The number of nitrogens with one attached hydrogen (secondary N) is 2. The Kier molecular flexibility index (Phi) is 8.46. The van der Waals surface area contributed by atoms with Crippen molar-refractivity contribution in [1.82, 2.24) is 5.43 Å². The van der Waals surface area contributed by atoms with Crippen LogP contribution in [0, 0.1) is 0 Å². The first kappa shape index (κ1) is 24.3. The molecule has 0 radical (unpaired) electrons. The second kappa shape index (κ2) is 11.5. The number of benzene rings is 3. The molecule has 0 atom stereocenters. The maximum Gasteiger partial charge on any atom is 0.271 e. The van der Waals surface area contributed by atoms with Gasteiger partial charge in [-0.05, 0) is 64.0 Å². The first-order valence-corrected chi connectivity index (χ1v) is 11.0. The first-order valence-electron chi connectivity index (χ1n) is 9.82. The molecule has 2 amide bonds. The normalized spacial score (nSPS) is 10.7. The number of rotatable bonds is 8. The van der Waals surface area contributed by atoms with Crippen LogP contribution in [0.25, 0.3) is 0 Å². The Bertz CT molecular complexity index is 1180. The summed E-state index contributed by atoms with van der Waals surface area (Å²) in [7, 11) is 1.54. The summed E-state index contributed by atoms with van der Waals surface area (Å²) in [4.78, 5) is 23.4. The fourth-order valence-electron chi connectivity index (χ4n) is 2.86. The van der Waals surface area contributed by atoms with E-state index in [1.807, 2.05) is 18.2 Å². The van der Waals surface area contributed by atoms with E-state index in [0.717, 1.165) is 5.56 Å². The van der Waals surface area contributed by atoms with Crippen LogP contribution in [-0.2, 0) is 11.4 Å². The number of nitrogens with zero attached hydrogens (tertiary/aromatic N) is 1. The molecule has 3 aromatic carbocycles. The van der Waals surface area contributed by atoms with Gasteiger partial charge in [0.05, 0.1) is 17.8 Å². The lowest BCUT2D eigenvalue weighted by molar-refractivity contribution is -0.114. The van der Waals surface area contributed by atoms with Crippen molar-refractivity contribution in [3.05, 3.63) is 86.8 Å². The van der Waals surface area contributed by atoms with Gasteiger partial charge in [0.1, 0.15) is 6.61 Å². The smallest absolute Gasteiger partial charge is 0.271 e. The molecule has 170 valence electrons. The SMILES string of the molecule is COc1cc(/C=N\NC(=O)c2ccc(NC(C)=O)cc2)cc(Br)c1OCc1ccccc1Cl. The molecule has 0 aliphatic heterocycles. The zero-order chi connectivity index (χ0) is 23.8. The summed E-state index contributed by atoms with van der Waals surface area (Å²) in [6, 6.07) is 17.5. The van der Waals surface area contributed by atoms with Crippen LogP contribution in [0.3, 0.4) is 0 Å². The van der Waals surface area contributed by atoms with Crippen molar-refractivity contribution in [2.24, 2.45) is 5.10 Å². The third-order valence-electron chi connectivity index (χ3n) is 4.43. The molecule has 0 aromatic heterocycles. The summed E-state index contributed by atoms with van der Waals surface area (Å²) in [6.45, 7) is 1.69. The number of hydrogen-bond acceptors (Lipinski definition) is 5. The molecule has 3 rings (SSSR count). The zero-order valence-corrected chi connectivity index (χ0v) is 20.2. The largest absolute Gasteiger partial charge is 0.493 e. The third-order valence-corrected chi connectivity index (χ3v) is 5.39. The van der Waals surface area contributed by atoms with E-state index in [1.165, 1.54) is 20.2 Å². The lowest BCUT2D eigenvalue weighted by atomic mass is 10.2. The van der Waals surface area contributed by atoms with Gasteiger partial charge in [-0.15, -0.1) is 0 Å².